The van der Waals surface area contributed by atoms with Crippen LogP contribution in [0.3, 0.4) is 0 Å². The van der Waals surface area contributed by atoms with Crippen molar-refractivity contribution in [1.29, 1.82) is 0 Å². The lowest BCUT2D eigenvalue weighted by atomic mass is 10.1. The summed E-state index contributed by atoms with van der Waals surface area (Å²) in [7, 11) is -3.79. The number of aliphatic hydroxyl groups excluding tert-OH is 2. The molecule has 0 saturated heterocycles. The van der Waals surface area contributed by atoms with E-state index in [1.165, 1.54) is 0 Å². The van der Waals surface area contributed by atoms with Crippen LogP contribution in [-0.2, 0) is 35.5 Å². The molecular weight excluding hydrogens is 364 g/mol. The van der Waals surface area contributed by atoms with Gasteiger partial charge in [0.05, 0.1) is 9.79 Å². The minimum Gasteiger partial charge on any atom is -0.396 e. The van der Waals surface area contributed by atoms with E-state index in [-0.39, 0.29) is 35.8 Å². The zero-order chi connectivity index (χ0) is 19.9. The summed E-state index contributed by atoms with van der Waals surface area (Å²) >= 11 is 0. The Morgan fingerprint density at radius 3 is 1.44 bits per heavy atom. The van der Waals surface area contributed by atoms with Crippen LogP contribution in [0.1, 0.15) is 22.3 Å². The van der Waals surface area contributed by atoms with Gasteiger partial charge < -0.3 is 21.7 Å². The Kier molecular flexibility index (Phi) is 7.94. The highest BCUT2D eigenvalue weighted by atomic mass is 32.2. The largest absolute Gasteiger partial charge is 0.396 e. The minimum atomic E-state index is -3.79. The van der Waals surface area contributed by atoms with Crippen molar-refractivity contribution in [2.24, 2.45) is 11.5 Å². The average molecular weight is 393 g/mol. The molecule has 0 heterocycles. The number of nitrogens with two attached hydrogens (primary N) is 2. The maximum absolute atomic E-state index is 13.4. The lowest BCUT2D eigenvalue weighted by molar-refractivity contribution is 0.298. The molecule has 6 nitrogen and oxygen atoms in total. The van der Waals surface area contributed by atoms with Gasteiger partial charge >= 0.3 is 0 Å². The minimum absolute atomic E-state index is 0.145. The summed E-state index contributed by atoms with van der Waals surface area (Å²) in [4.78, 5) is 0.367. The van der Waals surface area contributed by atoms with Crippen molar-refractivity contribution >= 4 is 9.84 Å². The van der Waals surface area contributed by atoms with E-state index in [1.807, 2.05) is 0 Å². The summed E-state index contributed by atoms with van der Waals surface area (Å²) in [6.07, 6.45) is 1.77. The first-order chi connectivity index (χ1) is 13.0. The van der Waals surface area contributed by atoms with E-state index in [0.717, 1.165) is 11.1 Å². The topological polar surface area (TPSA) is 127 Å². The fourth-order valence-corrected chi connectivity index (χ4v) is 4.93. The van der Waals surface area contributed by atoms with Gasteiger partial charge in [-0.3, -0.25) is 0 Å². The molecule has 6 N–H and O–H groups in total. The zero-order valence-electron chi connectivity index (χ0n) is 15.4. The van der Waals surface area contributed by atoms with E-state index in [1.54, 1.807) is 36.4 Å². The lowest BCUT2D eigenvalue weighted by Crippen LogP contribution is -2.12. The van der Waals surface area contributed by atoms with Gasteiger partial charge in [0.25, 0.3) is 0 Å². The van der Waals surface area contributed by atoms with E-state index in [0.29, 0.717) is 37.1 Å². The Morgan fingerprint density at radius 2 is 1.11 bits per heavy atom. The second kappa shape index (κ2) is 9.96. The molecule has 2 aromatic carbocycles. The first-order valence-corrected chi connectivity index (χ1v) is 10.6. The molecule has 0 aliphatic carbocycles. The number of sulfone groups is 1. The van der Waals surface area contributed by atoms with Crippen LogP contribution in [-0.4, -0.2) is 44.9 Å². The Balaban J connectivity index is 2.57. The molecule has 148 valence electrons. The molecule has 0 unspecified atom stereocenters. The normalized spacial score (nSPS) is 11.7. The molecule has 0 aliphatic rings. The van der Waals surface area contributed by atoms with Crippen molar-refractivity contribution in [2.45, 2.75) is 35.5 Å². The molecule has 27 heavy (non-hydrogen) atoms. The van der Waals surface area contributed by atoms with Crippen LogP contribution >= 0.6 is 0 Å². The van der Waals surface area contributed by atoms with Crippen LogP contribution in [0.25, 0.3) is 0 Å². The number of rotatable bonds is 10. The van der Waals surface area contributed by atoms with E-state index in [2.05, 4.69) is 0 Å². The SMILES string of the molecule is NCCc1ccc(S(=O)(=O)c2ccc(CCN)cc2CCO)c(CCO)c1. The summed E-state index contributed by atoms with van der Waals surface area (Å²) in [5.74, 6) is 0. The predicted molar refractivity (Wildman–Crippen MR) is 105 cm³/mol. The number of hydrogen-bond acceptors (Lipinski definition) is 6. The van der Waals surface area contributed by atoms with E-state index < -0.39 is 9.84 Å². The Labute approximate surface area is 160 Å². The Hall–Kier alpha value is -1.77. The Bertz CT molecular complexity index is 801. The van der Waals surface area contributed by atoms with Crippen LogP contribution < -0.4 is 11.5 Å². The molecule has 0 atom stereocenters. The molecule has 2 rings (SSSR count). The van der Waals surface area contributed by atoms with Crippen LogP contribution in [0.15, 0.2) is 46.2 Å². The van der Waals surface area contributed by atoms with E-state index in [9.17, 15) is 18.6 Å². The highest BCUT2D eigenvalue weighted by molar-refractivity contribution is 7.91. The van der Waals surface area contributed by atoms with Crippen LogP contribution in [0, 0.1) is 0 Å². The van der Waals surface area contributed by atoms with Crippen LogP contribution in [0.2, 0.25) is 0 Å². The van der Waals surface area contributed by atoms with E-state index >= 15 is 0 Å². The molecule has 0 bridgehead atoms. The molecule has 2 aromatic rings. The zero-order valence-corrected chi connectivity index (χ0v) is 16.2. The third kappa shape index (κ3) is 5.15. The molecule has 0 saturated carbocycles. The highest BCUT2D eigenvalue weighted by Gasteiger charge is 2.24. The maximum atomic E-state index is 13.4. The fraction of sp³-hybridized carbons (Fsp3) is 0.400. The second-order valence-electron chi connectivity index (χ2n) is 6.41. The number of aliphatic hydroxyl groups is 2. The average Bonchev–Trinajstić information content (AvgIpc) is 2.63. The second-order valence-corrected chi connectivity index (χ2v) is 8.30. The Morgan fingerprint density at radius 1 is 0.704 bits per heavy atom. The maximum Gasteiger partial charge on any atom is 0.207 e. The van der Waals surface area contributed by atoms with Crippen molar-refractivity contribution in [2.75, 3.05) is 26.3 Å². The summed E-state index contributed by atoms with van der Waals surface area (Å²) in [6, 6.07) is 10.3. The molecular formula is C20H28N2O4S. The lowest BCUT2D eigenvalue weighted by Gasteiger charge is -2.15. The third-order valence-corrected chi connectivity index (χ3v) is 6.41. The summed E-state index contributed by atoms with van der Waals surface area (Å²) < 4.78 is 26.7. The standard InChI is InChI=1S/C20H28N2O4S/c21-9-5-15-1-3-19(17(13-15)7-11-23)27(25,26)20-4-2-16(6-10-22)14-18(20)8-12-24/h1-4,13-14,23-24H,5-12,21-22H2. The molecule has 0 spiro atoms. The molecule has 0 amide bonds. The smallest absolute Gasteiger partial charge is 0.207 e. The van der Waals surface area contributed by atoms with Crippen molar-refractivity contribution in [3.8, 4) is 0 Å². The van der Waals surface area contributed by atoms with Gasteiger partial charge in [-0.1, -0.05) is 24.3 Å². The van der Waals surface area contributed by atoms with Gasteiger partial charge in [0.2, 0.25) is 9.84 Å². The number of benzene rings is 2. The monoisotopic (exact) mass is 392 g/mol. The van der Waals surface area contributed by atoms with E-state index in [4.69, 9.17) is 11.5 Å². The summed E-state index contributed by atoms with van der Waals surface area (Å²) in [6.45, 7) is 0.642. The van der Waals surface area contributed by atoms with Gasteiger partial charge in [-0.15, -0.1) is 0 Å². The molecule has 7 heteroatoms. The van der Waals surface area contributed by atoms with Gasteiger partial charge in [-0.2, -0.15) is 0 Å². The van der Waals surface area contributed by atoms with Gasteiger partial charge in [0, 0.05) is 13.2 Å². The van der Waals surface area contributed by atoms with Gasteiger partial charge in [-0.25, -0.2) is 8.42 Å². The molecule has 0 radical (unpaired) electrons. The quantitative estimate of drug-likeness (QED) is 0.469. The van der Waals surface area contributed by atoms with Crippen molar-refractivity contribution < 1.29 is 18.6 Å². The first-order valence-electron chi connectivity index (χ1n) is 9.08. The third-order valence-electron chi connectivity index (χ3n) is 4.46. The predicted octanol–water partition coefficient (Wildman–Crippen LogP) is 0.591. The fourth-order valence-electron chi connectivity index (χ4n) is 3.18. The van der Waals surface area contributed by atoms with Crippen molar-refractivity contribution in [3.63, 3.8) is 0 Å². The molecule has 0 fully saturated rings. The van der Waals surface area contributed by atoms with Crippen LogP contribution in [0.4, 0.5) is 0 Å². The van der Waals surface area contributed by atoms with Crippen molar-refractivity contribution in [1.82, 2.24) is 0 Å². The van der Waals surface area contributed by atoms with Crippen LogP contribution in [0.5, 0.6) is 0 Å². The van der Waals surface area contributed by atoms with Gasteiger partial charge in [0.1, 0.15) is 0 Å². The van der Waals surface area contributed by atoms with Gasteiger partial charge in [-0.05, 0) is 73.2 Å². The first kappa shape index (κ1) is 21.5. The summed E-state index contributed by atoms with van der Waals surface area (Å²) in [5, 5.41) is 18.7. The van der Waals surface area contributed by atoms with Crippen molar-refractivity contribution in [3.05, 3.63) is 58.7 Å². The molecule has 0 aromatic heterocycles. The molecule has 0 aliphatic heterocycles. The number of hydrogen-bond donors (Lipinski definition) is 4. The highest BCUT2D eigenvalue weighted by Crippen LogP contribution is 2.29. The van der Waals surface area contributed by atoms with Gasteiger partial charge in [0.15, 0.2) is 0 Å². The summed E-state index contributed by atoms with van der Waals surface area (Å²) in [5.41, 5.74) is 14.2.